The molecule has 20 heavy (non-hydrogen) atoms. The zero-order valence-corrected chi connectivity index (χ0v) is 12.6. The van der Waals surface area contributed by atoms with E-state index in [9.17, 15) is 5.21 Å². The van der Waals surface area contributed by atoms with Crippen molar-refractivity contribution < 1.29 is 5.21 Å². The number of rotatable bonds is 1. The number of nitrogens with zero attached hydrogens (tertiary/aromatic N) is 3. The monoisotopic (exact) mass is 331 g/mol. The van der Waals surface area contributed by atoms with Gasteiger partial charge in [-0.1, -0.05) is 40.1 Å². The van der Waals surface area contributed by atoms with Crippen molar-refractivity contribution in [2.24, 2.45) is 11.1 Å². The van der Waals surface area contributed by atoms with Crippen LogP contribution < -0.4 is 0 Å². The van der Waals surface area contributed by atoms with Gasteiger partial charge in [0, 0.05) is 15.6 Å². The Morgan fingerprint density at radius 2 is 1.95 bits per heavy atom. The number of oxime groups is 1. The molecule has 2 aromatic rings. The average Bonchev–Trinajstić information content (AvgIpc) is 2.46. The lowest BCUT2D eigenvalue weighted by Gasteiger charge is -2.21. The van der Waals surface area contributed by atoms with Gasteiger partial charge in [0.15, 0.2) is 0 Å². The molecule has 0 radical (unpaired) electrons. The van der Waals surface area contributed by atoms with Crippen LogP contribution in [0.1, 0.15) is 24.6 Å². The molecule has 102 valence electrons. The van der Waals surface area contributed by atoms with Gasteiger partial charge in [0.05, 0.1) is 17.1 Å². The summed E-state index contributed by atoms with van der Waals surface area (Å²) in [5.74, 6) is 0.432. The van der Waals surface area contributed by atoms with Crippen LogP contribution in [0.3, 0.4) is 0 Å². The average molecular weight is 332 g/mol. The quantitative estimate of drug-likeness (QED) is 0.640. The Morgan fingerprint density at radius 3 is 2.65 bits per heavy atom. The van der Waals surface area contributed by atoms with E-state index in [0.29, 0.717) is 11.6 Å². The second kappa shape index (κ2) is 5.32. The fraction of sp³-hybridized carbons (Fsp3) is 0.267. The maximum absolute atomic E-state index is 9.19. The molecule has 0 amide bonds. The number of hydrogen-bond acceptors (Lipinski definition) is 4. The van der Waals surface area contributed by atoms with Gasteiger partial charge in [0.1, 0.15) is 0 Å². The first-order valence-corrected chi connectivity index (χ1v) is 7.30. The lowest BCUT2D eigenvalue weighted by atomic mass is 9.86. The Bertz CT molecular complexity index is 667. The Labute approximate surface area is 125 Å². The summed E-state index contributed by atoms with van der Waals surface area (Å²) in [5.41, 5.74) is 4.33. The van der Waals surface area contributed by atoms with Crippen LogP contribution >= 0.6 is 15.9 Å². The highest BCUT2D eigenvalue weighted by molar-refractivity contribution is 9.10. The maximum Gasteiger partial charge on any atom is 0.0936 e. The molecule has 0 spiro atoms. The van der Waals surface area contributed by atoms with Gasteiger partial charge >= 0.3 is 0 Å². The van der Waals surface area contributed by atoms with Crippen LogP contribution in [0.25, 0.3) is 11.3 Å². The van der Waals surface area contributed by atoms with Gasteiger partial charge in [-0.05, 0) is 37.0 Å². The Morgan fingerprint density at radius 1 is 1.20 bits per heavy atom. The number of halogens is 1. The van der Waals surface area contributed by atoms with E-state index in [1.165, 1.54) is 0 Å². The predicted molar refractivity (Wildman–Crippen MR) is 81.0 cm³/mol. The normalized spacial score (nSPS) is 19.9. The van der Waals surface area contributed by atoms with Gasteiger partial charge in [0.25, 0.3) is 0 Å². The van der Waals surface area contributed by atoms with Crippen molar-refractivity contribution in [1.29, 1.82) is 0 Å². The molecule has 1 N–H and O–H groups in total. The molecule has 1 heterocycles. The highest BCUT2D eigenvalue weighted by Crippen LogP contribution is 2.27. The second-order valence-corrected chi connectivity index (χ2v) is 6.07. The number of aromatic nitrogens is 2. The third-order valence-electron chi connectivity index (χ3n) is 3.53. The molecule has 5 heteroatoms. The summed E-state index contributed by atoms with van der Waals surface area (Å²) in [6.45, 7) is 2.12. The van der Waals surface area contributed by atoms with Crippen molar-refractivity contribution in [3.8, 4) is 11.3 Å². The summed E-state index contributed by atoms with van der Waals surface area (Å²) in [6.07, 6.45) is 1.65. The summed E-state index contributed by atoms with van der Waals surface area (Å²) in [5, 5.41) is 21.2. The molecule has 1 atom stereocenters. The molecular weight excluding hydrogens is 318 g/mol. The van der Waals surface area contributed by atoms with Gasteiger partial charge in [-0.15, -0.1) is 0 Å². The fourth-order valence-corrected chi connectivity index (χ4v) is 2.78. The standard InChI is InChI=1S/C15H14BrN3O/c1-9-6-14-12(15(7-9)19-20)8-13(17-18-14)10-2-4-11(16)5-3-10/h2-5,8-9,20H,6-7H2,1H3. The van der Waals surface area contributed by atoms with E-state index < -0.39 is 0 Å². The predicted octanol–water partition coefficient (Wildman–Crippen LogP) is 3.67. The topological polar surface area (TPSA) is 58.4 Å². The third-order valence-corrected chi connectivity index (χ3v) is 4.05. The summed E-state index contributed by atoms with van der Waals surface area (Å²) in [4.78, 5) is 0. The molecule has 1 aromatic heterocycles. The van der Waals surface area contributed by atoms with E-state index in [-0.39, 0.29) is 0 Å². The summed E-state index contributed by atoms with van der Waals surface area (Å²) >= 11 is 3.42. The Balaban J connectivity index is 2.06. The largest absolute Gasteiger partial charge is 0.411 e. The zero-order chi connectivity index (χ0) is 14.1. The minimum Gasteiger partial charge on any atom is -0.411 e. The molecule has 1 aliphatic carbocycles. The number of benzene rings is 1. The van der Waals surface area contributed by atoms with Crippen LogP contribution in [0.4, 0.5) is 0 Å². The number of fused-ring (bicyclic) bond motifs is 1. The molecular formula is C15H14BrN3O. The molecule has 0 saturated carbocycles. The van der Waals surface area contributed by atoms with Gasteiger partial charge < -0.3 is 5.21 Å². The van der Waals surface area contributed by atoms with Crippen molar-refractivity contribution >= 4 is 21.6 Å². The second-order valence-electron chi connectivity index (χ2n) is 5.16. The summed E-state index contributed by atoms with van der Waals surface area (Å²) in [6, 6.07) is 9.88. The Hall–Kier alpha value is -1.75. The lowest BCUT2D eigenvalue weighted by Crippen LogP contribution is -2.21. The molecule has 0 aliphatic heterocycles. The maximum atomic E-state index is 9.19. The van der Waals surface area contributed by atoms with Crippen LogP contribution in [-0.4, -0.2) is 21.1 Å². The first-order valence-electron chi connectivity index (χ1n) is 6.51. The highest BCUT2D eigenvalue weighted by atomic mass is 79.9. The van der Waals surface area contributed by atoms with Crippen LogP contribution in [-0.2, 0) is 6.42 Å². The molecule has 0 saturated heterocycles. The van der Waals surface area contributed by atoms with Crippen molar-refractivity contribution in [1.82, 2.24) is 10.2 Å². The first-order chi connectivity index (χ1) is 9.67. The van der Waals surface area contributed by atoms with Gasteiger partial charge in [-0.25, -0.2) is 0 Å². The van der Waals surface area contributed by atoms with Gasteiger partial charge in [0.2, 0.25) is 0 Å². The minimum absolute atomic E-state index is 0.432. The van der Waals surface area contributed by atoms with E-state index in [4.69, 9.17) is 0 Å². The van der Waals surface area contributed by atoms with Crippen molar-refractivity contribution in [3.05, 3.63) is 46.1 Å². The molecule has 4 nitrogen and oxygen atoms in total. The van der Waals surface area contributed by atoms with Crippen molar-refractivity contribution in [2.75, 3.05) is 0 Å². The van der Waals surface area contributed by atoms with E-state index in [1.54, 1.807) is 0 Å². The first kappa shape index (κ1) is 13.2. The van der Waals surface area contributed by atoms with Gasteiger partial charge in [-0.3, -0.25) is 0 Å². The molecule has 0 fully saturated rings. The van der Waals surface area contributed by atoms with E-state index >= 15 is 0 Å². The van der Waals surface area contributed by atoms with Gasteiger partial charge in [-0.2, -0.15) is 10.2 Å². The van der Waals surface area contributed by atoms with E-state index in [0.717, 1.165) is 39.8 Å². The minimum atomic E-state index is 0.432. The van der Waals surface area contributed by atoms with E-state index in [2.05, 4.69) is 38.2 Å². The molecule has 1 aromatic carbocycles. The summed E-state index contributed by atoms with van der Waals surface area (Å²) in [7, 11) is 0. The Kier molecular flexibility index (Phi) is 3.53. The SMILES string of the molecule is CC1CC(=NO)c2cc(-c3ccc(Br)cc3)nnc2C1. The smallest absolute Gasteiger partial charge is 0.0936 e. The molecule has 0 bridgehead atoms. The highest BCUT2D eigenvalue weighted by Gasteiger charge is 2.23. The van der Waals surface area contributed by atoms with Crippen LogP contribution in [0.5, 0.6) is 0 Å². The summed E-state index contributed by atoms with van der Waals surface area (Å²) < 4.78 is 1.03. The zero-order valence-electron chi connectivity index (χ0n) is 11.0. The van der Waals surface area contributed by atoms with Crippen LogP contribution in [0.15, 0.2) is 40.0 Å². The lowest BCUT2D eigenvalue weighted by molar-refractivity contribution is 0.316. The third kappa shape index (κ3) is 2.45. The van der Waals surface area contributed by atoms with Crippen LogP contribution in [0, 0.1) is 5.92 Å². The molecule has 1 unspecified atom stereocenters. The molecule has 3 rings (SSSR count). The van der Waals surface area contributed by atoms with Crippen molar-refractivity contribution in [2.45, 2.75) is 19.8 Å². The van der Waals surface area contributed by atoms with E-state index in [1.807, 2.05) is 30.3 Å². The molecule has 1 aliphatic rings. The fourth-order valence-electron chi connectivity index (χ4n) is 2.52. The van der Waals surface area contributed by atoms with Crippen molar-refractivity contribution in [3.63, 3.8) is 0 Å². The van der Waals surface area contributed by atoms with Crippen LogP contribution in [0.2, 0.25) is 0 Å². The number of hydrogen-bond donors (Lipinski definition) is 1.